The van der Waals surface area contributed by atoms with Crippen LogP contribution in [0.3, 0.4) is 0 Å². The Morgan fingerprint density at radius 3 is 2.69 bits per heavy atom. The number of aromatic amines is 1. The average molecular weight is 281 g/mol. The number of halogens is 1. The van der Waals surface area contributed by atoms with E-state index in [9.17, 15) is 4.79 Å². The van der Waals surface area contributed by atoms with Gasteiger partial charge in [-0.15, -0.1) is 0 Å². The summed E-state index contributed by atoms with van der Waals surface area (Å²) >= 11 is 3.35. The molecule has 0 aliphatic carbocycles. The van der Waals surface area contributed by atoms with Crippen molar-refractivity contribution in [3.05, 3.63) is 40.8 Å². The Balaban J connectivity index is 2.24. The molecule has 2 N–H and O–H groups in total. The van der Waals surface area contributed by atoms with Crippen LogP contribution >= 0.6 is 15.9 Å². The highest BCUT2D eigenvalue weighted by molar-refractivity contribution is 9.10. The molecule has 4 nitrogen and oxygen atoms in total. The Bertz CT molecular complexity index is 505. The molecular weight excluding hydrogens is 272 g/mol. The second kappa shape index (κ2) is 4.49. The van der Waals surface area contributed by atoms with E-state index < -0.39 is 5.97 Å². The van der Waals surface area contributed by atoms with Crippen LogP contribution in [-0.2, 0) is 11.2 Å². The van der Waals surface area contributed by atoms with E-state index in [0.29, 0.717) is 5.82 Å². The number of aromatic nitrogens is 2. The van der Waals surface area contributed by atoms with Gasteiger partial charge in [0.05, 0.1) is 11.9 Å². The monoisotopic (exact) mass is 280 g/mol. The van der Waals surface area contributed by atoms with Crippen LogP contribution in [0.15, 0.2) is 34.9 Å². The molecule has 0 saturated heterocycles. The van der Waals surface area contributed by atoms with Crippen molar-refractivity contribution in [1.82, 2.24) is 9.97 Å². The maximum absolute atomic E-state index is 10.5. The quantitative estimate of drug-likeness (QED) is 0.908. The first-order valence-electron chi connectivity index (χ1n) is 4.67. The van der Waals surface area contributed by atoms with Gasteiger partial charge in [0, 0.05) is 4.47 Å². The average Bonchev–Trinajstić information content (AvgIpc) is 2.66. The fourth-order valence-corrected chi connectivity index (χ4v) is 1.64. The fourth-order valence-electron chi connectivity index (χ4n) is 1.37. The van der Waals surface area contributed by atoms with Crippen molar-refractivity contribution in [2.75, 3.05) is 0 Å². The zero-order valence-corrected chi connectivity index (χ0v) is 9.86. The summed E-state index contributed by atoms with van der Waals surface area (Å²) in [5, 5.41) is 8.62. The van der Waals surface area contributed by atoms with Crippen molar-refractivity contribution in [1.29, 1.82) is 0 Å². The van der Waals surface area contributed by atoms with E-state index in [1.165, 1.54) is 0 Å². The summed E-state index contributed by atoms with van der Waals surface area (Å²) in [4.78, 5) is 17.5. The van der Waals surface area contributed by atoms with E-state index in [2.05, 4.69) is 25.9 Å². The minimum absolute atomic E-state index is 0.0868. The summed E-state index contributed by atoms with van der Waals surface area (Å²) in [6.45, 7) is 0. The normalized spacial score (nSPS) is 10.3. The maximum Gasteiger partial charge on any atom is 0.311 e. The molecule has 0 aliphatic rings. The van der Waals surface area contributed by atoms with Gasteiger partial charge in [-0.05, 0) is 17.7 Å². The number of hydrogen-bond donors (Lipinski definition) is 2. The SMILES string of the molecule is O=C(O)Cc1ncc(-c2ccc(Br)cc2)[nH]1. The number of carboxylic acids is 1. The van der Waals surface area contributed by atoms with Gasteiger partial charge in [0.1, 0.15) is 12.2 Å². The Morgan fingerprint density at radius 2 is 2.06 bits per heavy atom. The second-order valence-corrected chi connectivity index (χ2v) is 4.24. The molecule has 0 atom stereocenters. The molecule has 0 radical (unpaired) electrons. The molecule has 0 bridgehead atoms. The van der Waals surface area contributed by atoms with Gasteiger partial charge in [-0.3, -0.25) is 4.79 Å². The molecule has 0 spiro atoms. The van der Waals surface area contributed by atoms with Crippen LogP contribution in [0.2, 0.25) is 0 Å². The van der Waals surface area contributed by atoms with E-state index in [4.69, 9.17) is 5.11 Å². The second-order valence-electron chi connectivity index (χ2n) is 3.32. The number of nitrogens with one attached hydrogen (secondary N) is 1. The Hall–Kier alpha value is -1.62. The van der Waals surface area contributed by atoms with E-state index in [1.807, 2.05) is 24.3 Å². The molecule has 1 aromatic heterocycles. The molecule has 1 heterocycles. The van der Waals surface area contributed by atoms with Crippen LogP contribution in [0.5, 0.6) is 0 Å². The smallest absolute Gasteiger partial charge is 0.311 e. The van der Waals surface area contributed by atoms with Crippen molar-refractivity contribution >= 4 is 21.9 Å². The lowest BCUT2D eigenvalue weighted by atomic mass is 10.2. The van der Waals surface area contributed by atoms with Gasteiger partial charge < -0.3 is 10.1 Å². The summed E-state index contributed by atoms with van der Waals surface area (Å²) < 4.78 is 1.00. The number of rotatable bonds is 3. The molecule has 0 amide bonds. The molecule has 0 aliphatic heterocycles. The van der Waals surface area contributed by atoms with Crippen molar-refractivity contribution in [3.8, 4) is 11.3 Å². The number of H-pyrrole nitrogens is 1. The van der Waals surface area contributed by atoms with Crippen LogP contribution < -0.4 is 0 Å². The minimum Gasteiger partial charge on any atom is -0.481 e. The van der Waals surface area contributed by atoms with Gasteiger partial charge in [0.2, 0.25) is 0 Å². The first-order valence-corrected chi connectivity index (χ1v) is 5.46. The van der Waals surface area contributed by atoms with E-state index in [1.54, 1.807) is 6.20 Å². The molecule has 1 aromatic carbocycles. The number of aliphatic carboxylic acids is 1. The van der Waals surface area contributed by atoms with Crippen molar-refractivity contribution in [3.63, 3.8) is 0 Å². The third-order valence-electron chi connectivity index (χ3n) is 2.10. The van der Waals surface area contributed by atoms with Crippen molar-refractivity contribution < 1.29 is 9.90 Å². The molecule has 2 aromatic rings. The van der Waals surface area contributed by atoms with Crippen LogP contribution in [0.25, 0.3) is 11.3 Å². The lowest BCUT2D eigenvalue weighted by molar-refractivity contribution is -0.136. The molecule has 16 heavy (non-hydrogen) atoms. The van der Waals surface area contributed by atoms with Gasteiger partial charge >= 0.3 is 5.97 Å². The summed E-state index contributed by atoms with van der Waals surface area (Å²) in [5.74, 6) is -0.429. The van der Waals surface area contributed by atoms with E-state index in [-0.39, 0.29) is 6.42 Å². The number of carbonyl (C=O) groups is 1. The third-order valence-corrected chi connectivity index (χ3v) is 2.63. The number of nitrogens with zero attached hydrogens (tertiary/aromatic N) is 1. The standard InChI is InChI=1S/C11H9BrN2O2/c12-8-3-1-7(2-4-8)9-6-13-10(14-9)5-11(15)16/h1-4,6H,5H2,(H,13,14)(H,15,16). The number of carboxylic acid groups (broad SMARTS) is 1. The van der Waals surface area contributed by atoms with E-state index in [0.717, 1.165) is 15.7 Å². The summed E-state index contributed by atoms with van der Waals surface area (Å²) in [6, 6.07) is 7.71. The largest absolute Gasteiger partial charge is 0.481 e. The molecule has 2 rings (SSSR count). The minimum atomic E-state index is -0.892. The van der Waals surface area contributed by atoms with Gasteiger partial charge in [-0.1, -0.05) is 28.1 Å². The predicted molar refractivity (Wildman–Crippen MR) is 63.1 cm³/mol. The molecule has 0 saturated carbocycles. The summed E-state index contributed by atoms with van der Waals surface area (Å²) in [7, 11) is 0. The first kappa shape index (κ1) is 10.9. The Kier molecular flexibility index (Phi) is 3.05. The van der Waals surface area contributed by atoms with Gasteiger partial charge in [0.25, 0.3) is 0 Å². The van der Waals surface area contributed by atoms with Crippen LogP contribution in [-0.4, -0.2) is 21.0 Å². The fraction of sp³-hybridized carbons (Fsp3) is 0.0909. The molecule has 0 unspecified atom stereocenters. The first-order chi connectivity index (χ1) is 7.65. The predicted octanol–water partition coefficient (Wildman–Crippen LogP) is 2.47. The number of hydrogen-bond acceptors (Lipinski definition) is 2. The topological polar surface area (TPSA) is 66.0 Å². The molecule has 0 fully saturated rings. The zero-order valence-electron chi connectivity index (χ0n) is 8.27. The summed E-state index contributed by atoms with van der Waals surface area (Å²) in [6.07, 6.45) is 1.55. The molecule has 5 heteroatoms. The molecular formula is C11H9BrN2O2. The van der Waals surface area contributed by atoms with Gasteiger partial charge in [-0.2, -0.15) is 0 Å². The lowest BCUT2D eigenvalue weighted by Crippen LogP contribution is -2.01. The van der Waals surface area contributed by atoms with Crippen molar-refractivity contribution in [2.45, 2.75) is 6.42 Å². The number of imidazole rings is 1. The van der Waals surface area contributed by atoms with Gasteiger partial charge in [-0.25, -0.2) is 4.98 Å². The van der Waals surface area contributed by atoms with Crippen molar-refractivity contribution in [2.24, 2.45) is 0 Å². The third kappa shape index (κ3) is 2.49. The van der Waals surface area contributed by atoms with Crippen LogP contribution in [0, 0.1) is 0 Å². The van der Waals surface area contributed by atoms with E-state index >= 15 is 0 Å². The summed E-state index contributed by atoms with van der Waals surface area (Å²) in [5.41, 5.74) is 1.80. The highest BCUT2D eigenvalue weighted by Crippen LogP contribution is 2.19. The Labute approximate surface area is 100 Å². The highest BCUT2D eigenvalue weighted by atomic mass is 79.9. The molecule has 82 valence electrons. The number of benzene rings is 1. The highest BCUT2D eigenvalue weighted by Gasteiger charge is 2.06. The van der Waals surface area contributed by atoms with Crippen LogP contribution in [0.1, 0.15) is 5.82 Å². The maximum atomic E-state index is 10.5. The zero-order chi connectivity index (χ0) is 11.5. The van der Waals surface area contributed by atoms with Gasteiger partial charge in [0.15, 0.2) is 0 Å². The lowest BCUT2D eigenvalue weighted by Gasteiger charge is -1.97. The van der Waals surface area contributed by atoms with Crippen LogP contribution in [0.4, 0.5) is 0 Å². The Morgan fingerprint density at radius 1 is 1.38 bits per heavy atom.